The van der Waals surface area contributed by atoms with Gasteiger partial charge in [-0.3, -0.25) is 14.8 Å². The van der Waals surface area contributed by atoms with Crippen LogP contribution in [0.2, 0.25) is 5.02 Å². The minimum Gasteiger partial charge on any atom is -0.386 e. The molecule has 1 aromatic carbocycles. The van der Waals surface area contributed by atoms with Gasteiger partial charge in [0.05, 0.1) is 10.3 Å². The lowest BCUT2D eigenvalue weighted by atomic mass is 9.82. The fourth-order valence-corrected chi connectivity index (χ4v) is 7.81. The highest BCUT2D eigenvalue weighted by atomic mass is 35.5. The SMILES string of the molecule is Cc1cc(Cl)cnc1C(=O)Cc1ccc(F)c([C@@]2(C)N=C(N)[C@@]3(C)CCC[C@@H]2S3(=O)=O)c1. The van der Waals surface area contributed by atoms with Crippen molar-refractivity contribution in [3.63, 3.8) is 0 Å². The zero-order valence-electron chi connectivity index (χ0n) is 18.2. The standard InChI is InChI=1S/C23H25ClFN3O3S/c1-13-9-15(24)12-27-20(13)18(29)11-14-6-7-17(25)16(10-14)23(3)19-5-4-8-22(2,21(26)28-23)32(19,30)31/h6-7,9-10,12,19H,4-5,8,11H2,1-3H3,(H2,26,28)/t19-,22+,23+/m0/s1. The maximum absolute atomic E-state index is 15.1. The minimum absolute atomic E-state index is 0.0119. The first-order valence-corrected chi connectivity index (χ1v) is 12.4. The Morgan fingerprint density at radius 1 is 1.31 bits per heavy atom. The minimum atomic E-state index is -3.69. The second-order valence-electron chi connectivity index (χ2n) is 9.03. The Labute approximate surface area is 192 Å². The topological polar surface area (TPSA) is 102 Å². The van der Waals surface area contributed by atoms with E-state index < -0.39 is 31.2 Å². The first-order valence-electron chi connectivity index (χ1n) is 10.4. The number of nitrogens with zero attached hydrogens (tertiary/aromatic N) is 2. The molecule has 32 heavy (non-hydrogen) atoms. The maximum atomic E-state index is 15.1. The molecule has 1 saturated heterocycles. The number of aromatic nitrogens is 1. The fourth-order valence-electron chi connectivity index (χ4n) is 4.94. The van der Waals surface area contributed by atoms with E-state index in [0.29, 0.717) is 35.4 Å². The number of pyridine rings is 1. The van der Waals surface area contributed by atoms with Gasteiger partial charge in [-0.2, -0.15) is 0 Å². The zero-order valence-corrected chi connectivity index (χ0v) is 19.7. The van der Waals surface area contributed by atoms with Crippen LogP contribution in [-0.4, -0.2) is 35.0 Å². The molecule has 4 rings (SSSR count). The lowest BCUT2D eigenvalue weighted by molar-refractivity contribution is 0.0987. The molecule has 0 aliphatic carbocycles. The molecule has 3 atom stereocenters. The number of Topliss-reactive ketones (excluding diaryl/α,β-unsaturated/α-hetero) is 1. The summed E-state index contributed by atoms with van der Waals surface area (Å²) in [7, 11) is -3.69. The second kappa shape index (κ2) is 7.63. The van der Waals surface area contributed by atoms with Crippen LogP contribution < -0.4 is 5.73 Å². The van der Waals surface area contributed by atoms with Crippen molar-refractivity contribution in [2.75, 3.05) is 0 Å². The quantitative estimate of drug-likeness (QED) is 0.672. The molecule has 1 fully saturated rings. The largest absolute Gasteiger partial charge is 0.386 e. The van der Waals surface area contributed by atoms with E-state index in [9.17, 15) is 13.2 Å². The predicted molar refractivity (Wildman–Crippen MR) is 122 cm³/mol. The molecule has 6 nitrogen and oxygen atoms in total. The summed E-state index contributed by atoms with van der Waals surface area (Å²) >= 11 is 5.92. The number of halogens is 2. The van der Waals surface area contributed by atoms with Crippen LogP contribution in [0.5, 0.6) is 0 Å². The Morgan fingerprint density at radius 2 is 2.03 bits per heavy atom. The molecule has 0 radical (unpaired) electrons. The van der Waals surface area contributed by atoms with E-state index in [1.807, 2.05) is 0 Å². The average Bonchev–Trinajstić information content (AvgIpc) is 2.70. The number of aryl methyl sites for hydroxylation is 1. The summed E-state index contributed by atoms with van der Waals surface area (Å²) in [6.07, 6.45) is 2.83. The molecule has 2 aliphatic heterocycles. The Balaban J connectivity index is 1.76. The molecule has 2 aliphatic rings. The van der Waals surface area contributed by atoms with E-state index in [0.717, 1.165) is 0 Å². The molecule has 0 saturated carbocycles. The third-order valence-electron chi connectivity index (χ3n) is 6.89. The highest BCUT2D eigenvalue weighted by Crippen LogP contribution is 2.49. The van der Waals surface area contributed by atoms with Gasteiger partial charge >= 0.3 is 0 Å². The molecule has 9 heteroatoms. The molecule has 2 aromatic rings. The molecule has 2 N–H and O–H groups in total. The van der Waals surface area contributed by atoms with Crippen molar-refractivity contribution in [1.29, 1.82) is 0 Å². The van der Waals surface area contributed by atoms with E-state index in [4.69, 9.17) is 17.3 Å². The number of hydrogen-bond donors (Lipinski definition) is 1. The van der Waals surface area contributed by atoms with Crippen LogP contribution in [0.25, 0.3) is 0 Å². The number of rotatable bonds is 4. The van der Waals surface area contributed by atoms with E-state index in [1.165, 1.54) is 24.4 Å². The monoisotopic (exact) mass is 477 g/mol. The first-order chi connectivity index (χ1) is 14.9. The van der Waals surface area contributed by atoms with Crippen molar-refractivity contribution in [3.8, 4) is 0 Å². The van der Waals surface area contributed by atoms with Crippen molar-refractivity contribution in [3.05, 3.63) is 63.7 Å². The highest BCUT2D eigenvalue weighted by molar-refractivity contribution is 7.94. The Bertz CT molecular complexity index is 1260. The number of ketones is 1. The van der Waals surface area contributed by atoms with Crippen molar-refractivity contribution >= 4 is 33.1 Å². The first kappa shape index (κ1) is 22.9. The van der Waals surface area contributed by atoms with Gasteiger partial charge in [0.15, 0.2) is 15.6 Å². The van der Waals surface area contributed by atoms with Crippen LogP contribution in [-0.2, 0) is 21.8 Å². The Morgan fingerprint density at radius 3 is 2.72 bits per heavy atom. The molecular formula is C23H25ClFN3O3S. The normalized spacial score (nSPS) is 28.8. The summed E-state index contributed by atoms with van der Waals surface area (Å²) in [6.45, 7) is 4.95. The summed E-state index contributed by atoms with van der Waals surface area (Å²) < 4.78 is 40.6. The van der Waals surface area contributed by atoms with Gasteiger partial charge in [-0.05, 0) is 62.9 Å². The van der Waals surface area contributed by atoms with Gasteiger partial charge in [0.2, 0.25) is 0 Å². The van der Waals surface area contributed by atoms with Crippen LogP contribution >= 0.6 is 11.6 Å². The number of hydrogen-bond acceptors (Lipinski definition) is 6. The highest BCUT2D eigenvalue weighted by Gasteiger charge is 2.60. The van der Waals surface area contributed by atoms with Gasteiger partial charge in [-0.25, -0.2) is 12.8 Å². The van der Waals surface area contributed by atoms with Crippen molar-refractivity contribution in [2.24, 2.45) is 10.7 Å². The fraction of sp³-hybridized carbons (Fsp3) is 0.435. The number of amidine groups is 1. The molecule has 3 heterocycles. The molecule has 0 amide bonds. The van der Waals surface area contributed by atoms with Crippen molar-refractivity contribution in [2.45, 2.75) is 62.0 Å². The third-order valence-corrected chi connectivity index (χ3v) is 10.2. The number of sulfone groups is 1. The number of nitrogens with two attached hydrogens (primary N) is 1. The van der Waals surface area contributed by atoms with Gasteiger partial charge in [-0.15, -0.1) is 0 Å². The van der Waals surface area contributed by atoms with Crippen LogP contribution in [0.4, 0.5) is 4.39 Å². The predicted octanol–water partition coefficient (Wildman–Crippen LogP) is 3.92. The lowest BCUT2D eigenvalue weighted by Crippen LogP contribution is -2.63. The van der Waals surface area contributed by atoms with Crippen LogP contribution in [0, 0.1) is 12.7 Å². The number of aliphatic imine (C=N–C) groups is 1. The summed E-state index contributed by atoms with van der Waals surface area (Å²) in [5.74, 6) is -0.811. The Kier molecular flexibility index (Phi) is 5.45. The summed E-state index contributed by atoms with van der Waals surface area (Å²) in [5, 5.41) is -0.453. The molecule has 1 aromatic heterocycles. The summed E-state index contributed by atoms with van der Waals surface area (Å²) in [5.41, 5.74) is 6.39. The lowest BCUT2D eigenvalue weighted by Gasteiger charge is -2.48. The van der Waals surface area contributed by atoms with Crippen LogP contribution in [0.3, 0.4) is 0 Å². The molecular weight excluding hydrogens is 453 g/mol. The molecule has 0 unspecified atom stereocenters. The molecule has 0 spiro atoms. The smallest absolute Gasteiger partial charge is 0.185 e. The average molecular weight is 478 g/mol. The van der Waals surface area contributed by atoms with E-state index >= 15 is 4.39 Å². The van der Waals surface area contributed by atoms with Gasteiger partial charge in [0.1, 0.15) is 27.6 Å². The van der Waals surface area contributed by atoms with Gasteiger partial charge in [0, 0.05) is 18.2 Å². The number of carbonyl (C=O) groups is 1. The van der Waals surface area contributed by atoms with Gasteiger partial charge in [0.25, 0.3) is 0 Å². The summed E-state index contributed by atoms with van der Waals surface area (Å²) in [4.78, 5) is 21.5. The maximum Gasteiger partial charge on any atom is 0.185 e. The number of fused-ring (bicyclic) bond motifs is 2. The van der Waals surface area contributed by atoms with Crippen molar-refractivity contribution in [1.82, 2.24) is 4.98 Å². The number of benzene rings is 1. The van der Waals surface area contributed by atoms with Crippen LogP contribution in [0.15, 0.2) is 35.5 Å². The number of carbonyl (C=O) groups excluding carboxylic acids is 1. The van der Waals surface area contributed by atoms with Gasteiger partial charge < -0.3 is 5.73 Å². The van der Waals surface area contributed by atoms with Crippen molar-refractivity contribution < 1.29 is 17.6 Å². The second-order valence-corrected chi connectivity index (χ2v) is 12.0. The third kappa shape index (κ3) is 3.35. The molecule has 2 bridgehead atoms. The van der Waals surface area contributed by atoms with Gasteiger partial charge in [-0.1, -0.05) is 24.1 Å². The summed E-state index contributed by atoms with van der Waals surface area (Å²) in [6, 6.07) is 5.95. The van der Waals surface area contributed by atoms with E-state index in [2.05, 4.69) is 9.98 Å². The zero-order chi connectivity index (χ0) is 23.5. The van der Waals surface area contributed by atoms with E-state index in [1.54, 1.807) is 26.8 Å². The van der Waals surface area contributed by atoms with E-state index in [-0.39, 0.29) is 29.3 Å². The Hall–Kier alpha value is -2.32. The van der Waals surface area contributed by atoms with Crippen LogP contribution in [0.1, 0.15) is 60.3 Å². The molecule has 170 valence electrons.